The van der Waals surface area contributed by atoms with Crippen LogP contribution >= 0.6 is 0 Å². The van der Waals surface area contributed by atoms with Crippen LogP contribution in [0.15, 0.2) is 54.8 Å². The molecule has 1 aliphatic rings. The minimum Gasteiger partial charge on any atom is -0.394 e. The predicted molar refractivity (Wildman–Crippen MR) is 157 cm³/mol. The maximum Gasteiger partial charge on any atom is 0.231 e. The lowest BCUT2D eigenvalue weighted by atomic mass is 9.69. The summed E-state index contributed by atoms with van der Waals surface area (Å²) in [6.45, 7) is 3.17. The molecule has 1 saturated heterocycles. The minimum absolute atomic E-state index is 0.0729. The van der Waals surface area contributed by atoms with Gasteiger partial charge in [0, 0.05) is 29.6 Å². The molecule has 200 valence electrons. The zero-order valence-electron chi connectivity index (χ0n) is 23.2. The molecule has 0 amide bonds. The van der Waals surface area contributed by atoms with Crippen LogP contribution in [0.2, 0.25) is 0 Å². The summed E-state index contributed by atoms with van der Waals surface area (Å²) in [5.41, 5.74) is -0.0136. The third-order valence-corrected chi connectivity index (χ3v) is 7.78. The van der Waals surface area contributed by atoms with E-state index in [0.717, 1.165) is 62.4 Å². The van der Waals surface area contributed by atoms with Crippen molar-refractivity contribution in [3.8, 4) is 0 Å². The van der Waals surface area contributed by atoms with Gasteiger partial charge in [0.1, 0.15) is 7.85 Å². The van der Waals surface area contributed by atoms with Crippen molar-refractivity contribution in [3.05, 3.63) is 60.3 Å². The van der Waals surface area contributed by atoms with Gasteiger partial charge in [0.05, 0.1) is 11.0 Å². The van der Waals surface area contributed by atoms with Crippen LogP contribution < -0.4 is 0 Å². The van der Waals surface area contributed by atoms with Gasteiger partial charge in [-0.3, -0.25) is 9.36 Å². The first-order valence-corrected chi connectivity index (χ1v) is 14.6. The number of benzene rings is 1. The zero-order valence-corrected chi connectivity index (χ0v) is 23.2. The summed E-state index contributed by atoms with van der Waals surface area (Å²) < 4.78 is 1.71. The Labute approximate surface area is 226 Å². The molecular formula is C32H47BN2O2. The van der Waals surface area contributed by atoms with E-state index in [1.807, 2.05) is 31.3 Å². The SMILES string of the molecule is [B][C@@](O)(c1cn(C(=O)CCCCCCC/C=C\C/C=C\CCCCC)c2ccccc12)C1CCCN1C. The van der Waals surface area contributed by atoms with Crippen molar-refractivity contribution in [1.82, 2.24) is 9.47 Å². The number of likely N-dealkylation sites (N-methyl/N-ethyl adjacent to an activating group) is 1. The van der Waals surface area contributed by atoms with Gasteiger partial charge in [-0.2, -0.15) is 0 Å². The minimum atomic E-state index is -1.49. The Morgan fingerprint density at radius 3 is 2.41 bits per heavy atom. The highest BCUT2D eigenvalue weighted by molar-refractivity contribution is 6.17. The Morgan fingerprint density at radius 2 is 1.70 bits per heavy atom. The molecule has 37 heavy (non-hydrogen) atoms. The summed E-state index contributed by atoms with van der Waals surface area (Å²) in [5.74, 6) is 0.0729. The number of aromatic nitrogens is 1. The second-order valence-electron chi connectivity index (χ2n) is 10.8. The average Bonchev–Trinajstić information content (AvgIpc) is 3.51. The van der Waals surface area contributed by atoms with Gasteiger partial charge in [-0.1, -0.05) is 81.5 Å². The van der Waals surface area contributed by atoms with Crippen LogP contribution in [0, 0.1) is 0 Å². The molecule has 4 nitrogen and oxygen atoms in total. The van der Waals surface area contributed by atoms with E-state index < -0.39 is 5.50 Å². The summed E-state index contributed by atoms with van der Waals surface area (Å²) >= 11 is 0. The monoisotopic (exact) mass is 502 g/mol. The number of nitrogens with zero attached hydrogens (tertiary/aromatic N) is 2. The third-order valence-electron chi connectivity index (χ3n) is 7.78. The normalized spacial score (nSPS) is 18.4. The van der Waals surface area contributed by atoms with Crippen molar-refractivity contribution >= 4 is 24.7 Å². The van der Waals surface area contributed by atoms with Gasteiger partial charge in [0.15, 0.2) is 0 Å². The molecule has 1 unspecified atom stereocenters. The van der Waals surface area contributed by atoms with E-state index in [-0.39, 0.29) is 11.9 Å². The second kappa shape index (κ2) is 15.3. The first-order valence-electron chi connectivity index (χ1n) is 14.6. The highest BCUT2D eigenvalue weighted by Crippen LogP contribution is 2.36. The molecule has 1 aliphatic heterocycles. The largest absolute Gasteiger partial charge is 0.394 e. The number of aliphatic hydroxyl groups is 1. The average molecular weight is 503 g/mol. The molecule has 2 aromatic rings. The highest BCUT2D eigenvalue weighted by Gasteiger charge is 2.40. The van der Waals surface area contributed by atoms with Gasteiger partial charge in [-0.05, 0) is 71.0 Å². The van der Waals surface area contributed by atoms with E-state index in [4.69, 9.17) is 7.85 Å². The molecule has 0 spiro atoms. The number of hydrogen-bond donors (Lipinski definition) is 1. The van der Waals surface area contributed by atoms with E-state index in [0.29, 0.717) is 12.0 Å². The van der Waals surface area contributed by atoms with Gasteiger partial charge >= 0.3 is 0 Å². The lowest BCUT2D eigenvalue weighted by molar-refractivity contribution is 0.0446. The Kier molecular flexibility index (Phi) is 12.2. The zero-order chi connectivity index (χ0) is 26.5. The maximum atomic E-state index is 13.1. The highest BCUT2D eigenvalue weighted by atomic mass is 16.3. The predicted octanol–water partition coefficient (Wildman–Crippen LogP) is 7.50. The third kappa shape index (κ3) is 8.45. The topological polar surface area (TPSA) is 45.5 Å². The van der Waals surface area contributed by atoms with E-state index in [2.05, 4.69) is 36.1 Å². The number of carbonyl (C=O) groups excluding carboxylic acids is 1. The lowest BCUT2D eigenvalue weighted by Gasteiger charge is -2.35. The molecule has 0 bridgehead atoms. The number of likely N-dealkylation sites (tertiary alicyclic amines) is 1. The summed E-state index contributed by atoms with van der Waals surface area (Å²) in [4.78, 5) is 15.3. The van der Waals surface area contributed by atoms with Crippen molar-refractivity contribution in [1.29, 1.82) is 0 Å². The molecule has 3 rings (SSSR count). The number of fused-ring (bicyclic) bond motifs is 1. The van der Waals surface area contributed by atoms with Crippen molar-refractivity contribution < 1.29 is 9.90 Å². The Hall–Kier alpha value is -2.11. The first-order chi connectivity index (χ1) is 18.0. The second-order valence-corrected chi connectivity index (χ2v) is 10.8. The molecule has 2 heterocycles. The van der Waals surface area contributed by atoms with Gasteiger partial charge in [0.2, 0.25) is 5.91 Å². The lowest BCUT2D eigenvalue weighted by Crippen LogP contribution is -2.46. The molecule has 1 aromatic carbocycles. The first kappa shape index (κ1) is 29.5. The number of para-hydroxylation sites is 1. The van der Waals surface area contributed by atoms with E-state index in [9.17, 15) is 9.90 Å². The Balaban J connectivity index is 1.40. The summed E-state index contributed by atoms with van der Waals surface area (Å²) in [6, 6.07) is 7.63. The fourth-order valence-corrected chi connectivity index (χ4v) is 5.56. The summed E-state index contributed by atoms with van der Waals surface area (Å²) in [6.07, 6.45) is 26.2. The summed E-state index contributed by atoms with van der Waals surface area (Å²) in [7, 11) is 8.53. The molecular weight excluding hydrogens is 455 g/mol. The van der Waals surface area contributed by atoms with Crippen molar-refractivity contribution in [2.75, 3.05) is 13.6 Å². The molecule has 0 saturated carbocycles. The fraction of sp³-hybridized carbons (Fsp3) is 0.594. The van der Waals surface area contributed by atoms with Crippen LogP contribution in [-0.4, -0.2) is 48.0 Å². The number of allylic oxidation sites excluding steroid dienone is 4. The van der Waals surface area contributed by atoms with Crippen LogP contribution in [0.4, 0.5) is 0 Å². The van der Waals surface area contributed by atoms with Crippen LogP contribution in [-0.2, 0) is 5.50 Å². The van der Waals surface area contributed by atoms with E-state index in [1.54, 1.807) is 10.8 Å². The van der Waals surface area contributed by atoms with Crippen LogP contribution in [0.1, 0.15) is 107 Å². The summed E-state index contributed by atoms with van der Waals surface area (Å²) in [5, 5.41) is 12.2. The van der Waals surface area contributed by atoms with Crippen molar-refractivity contribution in [2.24, 2.45) is 0 Å². The molecule has 1 N–H and O–H groups in total. The molecule has 5 heteroatoms. The number of rotatable bonds is 16. The smallest absolute Gasteiger partial charge is 0.231 e. The van der Waals surface area contributed by atoms with E-state index >= 15 is 0 Å². The molecule has 2 radical (unpaired) electrons. The number of hydrogen-bond acceptors (Lipinski definition) is 3. The Morgan fingerprint density at radius 1 is 1.03 bits per heavy atom. The van der Waals surface area contributed by atoms with Crippen LogP contribution in [0.5, 0.6) is 0 Å². The number of carbonyl (C=O) groups is 1. The van der Waals surface area contributed by atoms with Gasteiger partial charge in [-0.25, -0.2) is 0 Å². The molecule has 1 aromatic heterocycles. The van der Waals surface area contributed by atoms with Crippen LogP contribution in [0.25, 0.3) is 10.9 Å². The van der Waals surface area contributed by atoms with Crippen molar-refractivity contribution in [3.63, 3.8) is 0 Å². The van der Waals surface area contributed by atoms with Gasteiger partial charge in [-0.15, -0.1) is 0 Å². The Bertz CT molecular complexity index is 1020. The fourth-order valence-electron chi connectivity index (χ4n) is 5.56. The van der Waals surface area contributed by atoms with E-state index in [1.165, 1.54) is 38.5 Å². The van der Waals surface area contributed by atoms with Gasteiger partial charge < -0.3 is 10.0 Å². The van der Waals surface area contributed by atoms with Gasteiger partial charge in [0.25, 0.3) is 0 Å². The molecule has 0 aliphatic carbocycles. The molecule has 2 atom stereocenters. The quantitative estimate of drug-likeness (QED) is 0.147. The maximum absolute atomic E-state index is 13.1. The molecule has 1 fully saturated rings. The standard InChI is InChI=1S/C32H47BN2O2/c1-3-4-5-6-7-8-9-10-11-12-13-14-15-16-17-24-31(36)35-26-28(27-21-18-19-22-29(27)35)32(33,37)30-23-20-25-34(30)2/h7-8,10-11,18-19,21-22,26,30,37H,3-6,9,12-17,20,23-25H2,1-2H3/b8-7-,11-10-/t30?,32-/m1/s1. The van der Waals surface area contributed by atoms with Crippen molar-refractivity contribution in [2.45, 2.75) is 108 Å². The number of unbranched alkanes of at least 4 members (excludes halogenated alkanes) is 8. The van der Waals surface area contributed by atoms with Crippen LogP contribution in [0.3, 0.4) is 0 Å².